The normalized spacial score (nSPS) is 12.4. The first-order valence-electron chi connectivity index (χ1n) is 8.32. The van der Waals surface area contributed by atoms with Crippen molar-refractivity contribution in [2.45, 2.75) is 13.0 Å². The molecule has 25 heavy (non-hydrogen) atoms. The van der Waals surface area contributed by atoms with Gasteiger partial charge in [0, 0.05) is 35.1 Å². The van der Waals surface area contributed by atoms with Gasteiger partial charge in [-0.15, -0.1) is 0 Å². The second-order valence-electron chi connectivity index (χ2n) is 6.31. The van der Waals surface area contributed by atoms with Crippen LogP contribution in [-0.4, -0.2) is 27.8 Å². The predicted molar refractivity (Wildman–Crippen MR) is 101 cm³/mol. The largest absolute Gasteiger partial charge is 0.353 e. The standard InChI is InChI=1S/C21H19N3O/c1-14(15-6-4-3-5-7-15)24(2)21(25)16-8-9-17-18-10-11-22-13-20(18)23-19(17)12-16/h3-14,23H,1-2H3. The molecule has 0 fully saturated rings. The predicted octanol–water partition coefficient (Wildman–Crippen LogP) is 4.55. The summed E-state index contributed by atoms with van der Waals surface area (Å²) in [5.74, 6) is 0.00929. The number of nitrogens with one attached hydrogen (secondary N) is 1. The smallest absolute Gasteiger partial charge is 0.254 e. The van der Waals surface area contributed by atoms with Crippen LogP contribution in [0.15, 0.2) is 67.0 Å². The second kappa shape index (κ2) is 6.06. The molecular weight excluding hydrogens is 310 g/mol. The van der Waals surface area contributed by atoms with E-state index in [2.05, 4.69) is 9.97 Å². The van der Waals surface area contributed by atoms with Crippen molar-refractivity contribution < 1.29 is 4.79 Å². The lowest BCUT2D eigenvalue weighted by molar-refractivity contribution is 0.0743. The average Bonchev–Trinajstić information content (AvgIpc) is 3.04. The summed E-state index contributed by atoms with van der Waals surface area (Å²) in [6, 6.07) is 17.9. The Bertz CT molecular complexity index is 1050. The minimum Gasteiger partial charge on any atom is -0.353 e. The number of aromatic amines is 1. The van der Waals surface area contributed by atoms with Crippen LogP contribution in [0.5, 0.6) is 0 Å². The molecular formula is C21H19N3O. The number of benzene rings is 2. The number of amides is 1. The molecule has 124 valence electrons. The van der Waals surface area contributed by atoms with Crippen molar-refractivity contribution in [2.75, 3.05) is 7.05 Å². The molecule has 2 aromatic heterocycles. The van der Waals surface area contributed by atoms with E-state index in [-0.39, 0.29) is 11.9 Å². The Morgan fingerprint density at radius 1 is 1.04 bits per heavy atom. The van der Waals surface area contributed by atoms with Crippen molar-refractivity contribution >= 4 is 27.7 Å². The number of H-pyrrole nitrogens is 1. The first-order chi connectivity index (χ1) is 12.1. The van der Waals surface area contributed by atoms with Crippen LogP contribution in [0.1, 0.15) is 28.9 Å². The number of carbonyl (C=O) groups excluding carboxylic acids is 1. The van der Waals surface area contributed by atoms with Crippen LogP contribution >= 0.6 is 0 Å². The van der Waals surface area contributed by atoms with Crippen molar-refractivity contribution in [3.05, 3.63) is 78.1 Å². The molecule has 0 saturated heterocycles. The van der Waals surface area contributed by atoms with Crippen LogP contribution in [0.3, 0.4) is 0 Å². The highest BCUT2D eigenvalue weighted by molar-refractivity contribution is 6.09. The highest BCUT2D eigenvalue weighted by Crippen LogP contribution is 2.27. The fourth-order valence-electron chi connectivity index (χ4n) is 3.22. The number of nitrogens with zero attached hydrogens (tertiary/aromatic N) is 2. The quantitative estimate of drug-likeness (QED) is 0.599. The first-order valence-corrected chi connectivity index (χ1v) is 8.32. The van der Waals surface area contributed by atoms with Crippen molar-refractivity contribution in [2.24, 2.45) is 0 Å². The zero-order chi connectivity index (χ0) is 17.4. The monoisotopic (exact) mass is 329 g/mol. The SMILES string of the molecule is CC(c1ccccc1)N(C)C(=O)c1ccc2c(c1)[nH]c1cnccc12. The van der Waals surface area contributed by atoms with Gasteiger partial charge in [0.1, 0.15) is 0 Å². The van der Waals surface area contributed by atoms with Gasteiger partial charge in [0.2, 0.25) is 0 Å². The second-order valence-corrected chi connectivity index (χ2v) is 6.31. The third-order valence-corrected chi connectivity index (χ3v) is 4.83. The molecule has 1 amide bonds. The van der Waals surface area contributed by atoms with Gasteiger partial charge in [-0.2, -0.15) is 0 Å². The summed E-state index contributed by atoms with van der Waals surface area (Å²) in [5.41, 5.74) is 3.73. The summed E-state index contributed by atoms with van der Waals surface area (Å²) in [7, 11) is 1.85. The molecule has 2 heterocycles. The maximum Gasteiger partial charge on any atom is 0.254 e. The molecule has 2 aromatic carbocycles. The molecule has 4 aromatic rings. The Kier molecular flexibility index (Phi) is 3.73. The Labute approximate surface area is 146 Å². The zero-order valence-electron chi connectivity index (χ0n) is 14.2. The molecule has 4 heteroatoms. The van der Waals surface area contributed by atoms with Gasteiger partial charge < -0.3 is 9.88 Å². The lowest BCUT2D eigenvalue weighted by atomic mass is 10.1. The topological polar surface area (TPSA) is 49.0 Å². The van der Waals surface area contributed by atoms with Crippen LogP contribution in [0.4, 0.5) is 0 Å². The lowest BCUT2D eigenvalue weighted by Crippen LogP contribution is -2.29. The molecule has 4 nitrogen and oxygen atoms in total. The fourth-order valence-corrected chi connectivity index (χ4v) is 3.22. The molecule has 0 aliphatic rings. The van der Waals surface area contributed by atoms with E-state index in [4.69, 9.17) is 0 Å². The van der Waals surface area contributed by atoms with E-state index in [1.165, 1.54) is 0 Å². The van der Waals surface area contributed by atoms with Gasteiger partial charge in [0.15, 0.2) is 0 Å². The molecule has 0 bridgehead atoms. The molecule has 0 aliphatic heterocycles. The third-order valence-electron chi connectivity index (χ3n) is 4.83. The number of pyridine rings is 1. The van der Waals surface area contributed by atoms with Crippen LogP contribution < -0.4 is 0 Å². The Balaban J connectivity index is 1.68. The molecule has 1 N–H and O–H groups in total. The summed E-state index contributed by atoms with van der Waals surface area (Å²) in [6.07, 6.45) is 3.59. The van der Waals surface area contributed by atoms with Crippen molar-refractivity contribution in [3.63, 3.8) is 0 Å². The minimum absolute atomic E-state index is 0.00929. The van der Waals surface area contributed by atoms with Crippen LogP contribution in [0.25, 0.3) is 21.8 Å². The number of hydrogen-bond donors (Lipinski definition) is 1. The zero-order valence-corrected chi connectivity index (χ0v) is 14.2. The molecule has 1 atom stereocenters. The van der Waals surface area contributed by atoms with Crippen LogP contribution in [0, 0.1) is 0 Å². The molecule has 0 aliphatic carbocycles. The maximum atomic E-state index is 12.9. The minimum atomic E-state index is 0.00929. The highest BCUT2D eigenvalue weighted by atomic mass is 16.2. The maximum absolute atomic E-state index is 12.9. The van der Waals surface area contributed by atoms with Crippen molar-refractivity contribution in [1.82, 2.24) is 14.9 Å². The van der Waals surface area contributed by atoms with Gasteiger partial charge in [0.05, 0.1) is 17.8 Å². The number of rotatable bonds is 3. The number of fused-ring (bicyclic) bond motifs is 3. The summed E-state index contributed by atoms with van der Waals surface area (Å²) in [4.78, 5) is 22.2. The molecule has 1 unspecified atom stereocenters. The number of aromatic nitrogens is 2. The number of carbonyl (C=O) groups is 1. The lowest BCUT2D eigenvalue weighted by Gasteiger charge is -2.25. The summed E-state index contributed by atoms with van der Waals surface area (Å²) in [5, 5.41) is 2.22. The Morgan fingerprint density at radius 3 is 2.60 bits per heavy atom. The van der Waals surface area contributed by atoms with Crippen LogP contribution in [-0.2, 0) is 0 Å². The van der Waals surface area contributed by atoms with E-state index in [0.29, 0.717) is 5.56 Å². The fraction of sp³-hybridized carbons (Fsp3) is 0.143. The van der Waals surface area contributed by atoms with Gasteiger partial charge in [-0.05, 0) is 30.7 Å². The van der Waals surface area contributed by atoms with Gasteiger partial charge in [-0.1, -0.05) is 36.4 Å². The van der Waals surface area contributed by atoms with E-state index < -0.39 is 0 Å². The van der Waals surface area contributed by atoms with E-state index in [0.717, 1.165) is 27.4 Å². The first kappa shape index (κ1) is 15.4. The summed E-state index contributed by atoms with van der Waals surface area (Å²) >= 11 is 0. The Hall–Kier alpha value is -3.14. The third kappa shape index (κ3) is 2.66. The van der Waals surface area contributed by atoms with Gasteiger partial charge in [-0.25, -0.2) is 0 Å². The summed E-state index contributed by atoms with van der Waals surface area (Å²) in [6.45, 7) is 2.04. The van der Waals surface area contributed by atoms with Crippen LogP contribution in [0.2, 0.25) is 0 Å². The highest BCUT2D eigenvalue weighted by Gasteiger charge is 2.19. The van der Waals surface area contributed by atoms with Gasteiger partial charge in [0.25, 0.3) is 5.91 Å². The number of hydrogen-bond acceptors (Lipinski definition) is 2. The summed E-state index contributed by atoms with van der Waals surface area (Å²) < 4.78 is 0. The van der Waals surface area contributed by atoms with E-state index in [1.54, 1.807) is 17.3 Å². The molecule has 0 spiro atoms. The molecule has 4 rings (SSSR count). The van der Waals surface area contributed by atoms with Gasteiger partial charge in [-0.3, -0.25) is 9.78 Å². The van der Waals surface area contributed by atoms with E-state index >= 15 is 0 Å². The van der Waals surface area contributed by atoms with Crippen molar-refractivity contribution in [3.8, 4) is 0 Å². The molecule has 0 saturated carbocycles. The van der Waals surface area contributed by atoms with E-state index in [9.17, 15) is 4.79 Å². The van der Waals surface area contributed by atoms with Gasteiger partial charge >= 0.3 is 0 Å². The Morgan fingerprint density at radius 2 is 1.80 bits per heavy atom. The van der Waals surface area contributed by atoms with E-state index in [1.807, 2.05) is 68.6 Å². The average molecular weight is 329 g/mol. The molecule has 0 radical (unpaired) electrons. The van der Waals surface area contributed by atoms with Crippen molar-refractivity contribution in [1.29, 1.82) is 0 Å².